The minimum atomic E-state index is 0.218. The van der Waals surface area contributed by atoms with Crippen LogP contribution in [0.2, 0.25) is 5.02 Å². The highest BCUT2D eigenvalue weighted by atomic mass is 127. The van der Waals surface area contributed by atoms with Gasteiger partial charge in [-0.3, -0.25) is 0 Å². The van der Waals surface area contributed by atoms with Crippen LogP contribution < -0.4 is 0 Å². The Balaban J connectivity index is 1.97. The predicted octanol–water partition coefficient (Wildman–Crippen LogP) is 5.17. The molecule has 1 fully saturated rings. The molecule has 0 heterocycles. The molecular weight excluding hydrogens is 347 g/mol. The lowest BCUT2D eigenvalue weighted by Crippen LogP contribution is -2.20. The highest BCUT2D eigenvalue weighted by Gasteiger charge is 2.19. The summed E-state index contributed by atoms with van der Waals surface area (Å²) in [4.78, 5) is 0. The maximum absolute atomic E-state index is 6.22. The van der Waals surface area contributed by atoms with Gasteiger partial charge in [-0.25, -0.2) is 0 Å². The van der Waals surface area contributed by atoms with E-state index in [4.69, 9.17) is 16.3 Å². The van der Waals surface area contributed by atoms with Crippen LogP contribution in [0.4, 0.5) is 0 Å². The summed E-state index contributed by atoms with van der Waals surface area (Å²) < 4.78 is 7.21. The van der Waals surface area contributed by atoms with E-state index in [-0.39, 0.29) is 6.10 Å². The molecule has 17 heavy (non-hydrogen) atoms. The molecule has 0 radical (unpaired) electrons. The van der Waals surface area contributed by atoms with E-state index < -0.39 is 0 Å². The van der Waals surface area contributed by atoms with Gasteiger partial charge in [0.1, 0.15) is 0 Å². The molecule has 1 aliphatic carbocycles. The molecule has 0 aliphatic heterocycles. The van der Waals surface area contributed by atoms with E-state index >= 15 is 0 Å². The van der Waals surface area contributed by atoms with Crippen molar-refractivity contribution >= 4 is 34.2 Å². The summed E-state index contributed by atoms with van der Waals surface area (Å²) >= 11 is 8.31. The third-order valence-corrected chi connectivity index (χ3v) is 4.34. The molecule has 1 saturated carbocycles. The lowest BCUT2D eigenvalue weighted by Gasteiger charge is -2.27. The minimum Gasteiger partial charge on any atom is -0.369 e. The van der Waals surface area contributed by atoms with Gasteiger partial charge in [-0.05, 0) is 30.5 Å². The molecule has 1 unspecified atom stereocenters. The van der Waals surface area contributed by atoms with Crippen LogP contribution in [-0.4, -0.2) is 10.5 Å². The van der Waals surface area contributed by atoms with Gasteiger partial charge in [-0.2, -0.15) is 0 Å². The van der Waals surface area contributed by atoms with Crippen molar-refractivity contribution in [3.63, 3.8) is 0 Å². The first-order valence-corrected chi connectivity index (χ1v) is 8.17. The lowest BCUT2D eigenvalue weighted by molar-refractivity contribution is -0.0185. The first kappa shape index (κ1) is 13.6. The third-order valence-electron chi connectivity index (χ3n) is 3.29. The van der Waals surface area contributed by atoms with Crippen molar-refractivity contribution in [2.45, 2.75) is 44.3 Å². The Morgan fingerprint density at radius 3 is 2.41 bits per heavy atom. The van der Waals surface area contributed by atoms with Crippen LogP contribution in [0.25, 0.3) is 0 Å². The molecule has 0 N–H and O–H groups in total. The lowest BCUT2D eigenvalue weighted by atomic mass is 9.97. The van der Waals surface area contributed by atoms with Crippen LogP contribution >= 0.6 is 34.2 Å². The van der Waals surface area contributed by atoms with Gasteiger partial charge in [0.25, 0.3) is 0 Å². The van der Waals surface area contributed by atoms with Crippen LogP contribution in [-0.2, 0) is 4.74 Å². The van der Waals surface area contributed by atoms with Crippen molar-refractivity contribution in [1.29, 1.82) is 0 Å². The van der Waals surface area contributed by atoms with E-state index in [0.717, 1.165) is 9.45 Å². The van der Waals surface area contributed by atoms with Crippen LogP contribution in [0, 0.1) is 0 Å². The Labute approximate surface area is 122 Å². The number of halogens is 2. The fourth-order valence-electron chi connectivity index (χ4n) is 2.31. The van der Waals surface area contributed by atoms with Gasteiger partial charge in [0.15, 0.2) is 0 Å². The number of hydrogen-bond acceptors (Lipinski definition) is 1. The highest BCUT2D eigenvalue weighted by Crippen LogP contribution is 2.28. The Hall–Kier alpha value is 0.200. The first-order chi connectivity index (χ1) is 8.29. The zero-order valence-corrected chi connectivity index (χ0v) is 12.8. The summed E-state index contributed by atoms with van der Waals surface area (Å²) in [5.41, 5.74) is 1.24. The molecule has 1 atom stereocenters. The molecule has 1 aromatic carbocycles. The largest absolute Gasteiger partial charge is 0.369 e. The zero-order valence-electron chi connectivity index (χ0n) is 9.87. The molecule has 1 aliphatic rings. The third kappa shape index (κ3) is 4.11. The average molecular weight is 365 g/mol. The quantitative estimate of drug-likeness (QED) is 0.529. The van der Waals surface area contributed by atoms with Crippen molar-refractivity contribution in [1.82, 2.24) is 0 Å². The Kier molecular flexibility index (Phi) is 5.57. The molecular formula is C14H18ClIO. The standard InChI is InChI=1S/C14H18ClIO/c15-12-8-6-11(7-9-12)14(10-16)17-13-4-2-1-3-5-13/h6-9,13-14H,1-5,10H2. The first-order valence-electron chi connectivity index (χ1n) is 6.26. The second-order valence-corrected chi connectivity index (χ2v) is 5.91. The molecule has 0 amide bonds. The number of hydrogen-bond donors (Lipinski definition) is 0. The van der Waals surface area contributed by atoms with Crippen molar-refractivity contribution in [3.05, 3.63) is 34.9 Å². The Morgan fingerprint density at radius 1 is 1.18 bits per heavy atom. The normalized spacial score (nSPS) is 19.2. The smallest absolute Gasteiger partial charge is 0.0918 e. The molecule has 1 aromatic rings. The van der Waals surface area contributed by atoms with E-state index in [1.165, 1.54) is 37.7 Å². The van der Waals surface area contributed by atoms with E-state index in [1.54, 1.807) is 0 Å². The van der Waals surface area contributed by atoms with Crippen molar-refractivity contribution in [2.24, 2.45) is 0 Å². The summed E-state index contributed by atoms with van der Waals surface area (Å²) in [5, 5.41) is 0.790. The maximum atomic E-state index is 6.22. The van der Waals surface area contributed by atoms with E-state index in [2.05, 4.69) is 34.7 Å². The van der Waals surface area contributed by atoms with Crippen LogP contribution in [0.5, 0.6) is 0 Å². The van der Waals surface area contributed by atoms with Gasteiger partial charge >= 0.3 is 0 Å². The van der Waals surface area contributed by atoms with Gasteiger partial charge in [0.2, 0.25) is 0 Å². The number of alkyl halides is 1. The fourth-order valence-corrected chi connectivity index (χ4v) is 3.16. The predicted molar refractivity (Wildman–Crippen MR) is 81.0 cm³/mol. The topological polar surface area (TPSA) is 9.23 Å². The molecule has 94 valence electrons. The summed E-state index contributed by atoms with van der Waals surface area (Å²) in [6.45, 7) is 0. The van der Waals surface area contributed by atoms with Gasteiger partial charge < -0.3 is 4.74 Å². The van der Waals surface area contributed by atoms with Gasteiger partial charge in [0.05, 0.1) is 12.2 Å². The van der Waals surface area contributed by atoms with E-state index in [9.17, 15) is 0 Å². The maximum Gasteiger partial charge on any atom is 0.0918 e. The molecule has 2 rings (SSSR count). The molecule has 0 bridgehead atoms. The molecule has 0 aromatic heterocycles. The minimum absolute atomic E-state index is 0.218. The molecule has 0 spiro atoms. The summed E-state index contributed by atoms with van der Waals surface area (Å²) in [6, 6.07) is 8.05. The highest BCUT2D eigenvalue weighted by molar-refractivity contribution is 14.1. The molecule has 0 saturated heterocycles. The van der Waals surface area contributed by atoms with Crippen LogP contribution in [0.1, 0.15) is 43.8 Å². The van der Waals surface area contributed by atoms with Crippen LogP contribution in [0.3, 0.4) is 0 Å². The second kappa shape index (κ2) is 6.95. The Bertz CT molecular complexity index is 333. The van der Waals surface area contributed by atoms with E-state index in [1.807, 2.05) is 12.1 Å². The average Bonchev–Trinajstić information content (AvgIpc) is 2.38. The fraction of sp³-hybridized carbons (Fsp3) is 0.571. The van der Waals surface area contributed by atoms with Gasteiger partial charge in [-0.15, -0.1) is 0 Å². The monoisotopic (exact) mass is 364 g/mol. The zero-order chi connectivity index (χ0) is 12.1. The Morgan fingerprint density at radius 2 is 1.82 bits per heavy atom. The summed E-state index contributed by atoms with van der Waals surface area (Å²) in [5.74, 6) is 0. The van der Waals surface area contributed by atoms with E-state index in [0.29, 0.717) is 6.10 Å². The second-order valence-electron chi connectivity index (χ2n) is 4.59. The van der Waals surface area contributed by atoms with Crippen LogP contribution in [0.15, 0.2) is 24.3 Å². The van der Waals surface area contributed by atoms with Crippen molar-refractivity contribution in [2.75, 3.05) is 4.43 Å². The number of ether oxygens (including phenoxy) is 1. The number of rotatable bonds is 4. The molecule has 3 heteroatoms. The van der Waals surface area contributed by atoms with Crippen molar-refractivity contribution in [3.8, 4) is 0 Å². The van der Waals surface area contributed by atoms with Gasteiger partial charge in [0, 0.05) is 9.45 Å². The summed E-state index contributed by atoms with van der Waals surface area (Å²) in [7, 11) is 0. The van der Waals surface area contributed by atoms with Gasteiger partial charge in [-0.1, -0.05) is 65.6 Å². The summed E-state index contributed by atoms with van der Waals surface area (Å²) in [6.07, 6.45) is 7.13. The van der Waals surface area contributed by atoms with Crippen molar-refractivity contribution < 1.29 is 4.74 Å². The SMILES string of the molecule is Clc1ccc(C(CI)OC2CCCCC2)cc1. The number of benzene rings is 1. The molecule has 1 nitrogen and oxygen atoms in total.